The van der Waals surface area contributed by atoms with E-state index >= 15 is 0 Å². The Labute approximate surface area is 160 Å². The quantitative estimate of drug-likeness (QED) is 0.708. The summed E-state index contributed by atoms with van der Waals surface area (Å²) in [5.74, 6) is -0.407. The van der Waals surface area contributed by atoms with E-state index < -0.39 is 5.82 Å². The summed E-state index contributed by atoms with van der Waals surface area (Å²) in [5, 5.41) is 0. The van der Waals surface area contributed by atoms with E-state index in [-0.39, 0.29) is 17.5 Å². The Morgan fingerprint density at radius 3 is 2.44 bits per heavy atom. The first-order valence-corrected chi connectivity index (χ1v) is 9.83. The molecule has 2 unspecified atom stereocenters. The molecule has 0 saturated carbocycles. The number of ketones is 1. The number of carbonyl (C=O) groups is 1. The molecule has 0 radical (unpaired) electrons. The van der Waals surface area contributed by atoms with Crippen molar-refractivity contribution in [3.63, 3.8) is 0 Å². The van der Waals surface area contributed by atoms with E-state index in [1.807, 2.05) is 6.07 Å². The molecule has 2 aromatic rings. The van der Waals surface area contributed by atoms with Gasteiger partial charge in [0.2, 0.25) is 0 Å². The normalized spacial score (nSPS) is 25.2. The van der Waals surface area contributed by atoms with Crippen molar-refractivity contribution in [3.8, 4) is 5.75 Å². The minimum absolute atomic E-state index is 0.0302. The molecule has 0 aliphatic carbocycles. The molecule has 3 nitrogen and oxygen atoms in total. The van der Waals surface area contributed by atoms with Gasteiger partial charge >= 0.3 is 0 Å². The number of piperidine rings is 2. The van der Waals surface area contributed by atoms with E-state index in [1.54, 1.807) is 12.1 Å². The summed E-state index contributed by atoms with van der Waals surface area (Å²) in [6.45, 7) is 0.945. The fourth-order valence-electron chi connectivity index (χ4n) is 4.88. The molecule has 2 aromatic carbocycles. The van der Waals surface area contributed by atoms with Crippen molar-refractivity contribution in [2.45, 2.75) is 50.7 Å². The highest BCUT2D eigenvalue weighted by atomic mass is 19.1. The summed E-state index contributed by atoms with van der Waals surface area (Å²) in [6, 6.07) is 16.0. The average Bonchev–Trinajstić information content (AvgIpc) is 2.68. The molecule has 0 N–H and O–H groups in total. The van der Waals surface area contributed by atoms with Gasteiger partial charge in [0.1, 0.15) is 0 Å². The van der Waals surface area contributed by atoms with Gasteiger partial charge in [-0.25, -0.2) is 4.39 Å². The highest BCUT2D eigenvalue weighted by Gasteiger charge is 2.41. The number of para-hydroxylation sites is 1. The number of fused-ring (bicyclic) bond motifs is 2. The standard InChI is InChI=1S/C23H26FNO2/c1-27-23-20(11-6-12-21(23)24)22(26)17-13-18-9-5-10-19(14-17)25(18)15-16-7-3-2-4-8-16/h2-4,6-8,11-12,17-19H,5,9-10,13-15H2,1H3. The van der Waals surface area contributed by atoms with Crippen LogP contribution in [0.4, 0.5) is 4.39 Å². The SMILES string of the molecule is COc1c(F)cccc1C(=O)C1CC2CCCC(C1)N2Cc1ccccc1. The van der Waals surface area contributed by atoms with Crippen LogP contribution in [-0.4, -0.2) is 29.9 Å². The topological polar surface area (TPSA) is 29.5 Å². The van der Waals surface area contributed by atoms with E-state index in [0.717, 1.165) is 32.2 Å². The van der Waals surface area contributed by atoms with Gasteiger partial charge in [0.15, 0.2) is 17.3 Å². The molecular formula is C23H26FNO2. The smallest absolute Gasteiger partial charge is 0.169 e. The van der Waals surface area contributed by atoms with Crippen molar-refractivity contribution >= 4 is 5.78 Å². The van der Waals surface area contributed by atoms with Crippen LogP contribution in [-0.2, 0) is 6.54 Å². The first kappa shape index (κ1) is 18.2. The molecule has 2 bridgehead atoms. The molecule has 4 heteroatoms. The Kier molecular flexibility index (Phi) is 5.26. The number of Topliss-reactive ketones (excluding diaryl/α,β-unsaturated/α-hetero) is 1. The van der Waals surface area contributed by atoms with E-state index in [1.165, 1.54) is 25.2 Å². The summed E-state index contributed by atoms with van der Waals surface area (Å²) >= 11 is 0. The molecular weight excluding hydrogens is 341 g/mol. The first-order chi connectivity index (χ1) is 13.2. The van der Waals surface area contributed by atoms with Gasteiger partial charge in [0, 0.05) is 24.5 Å². The lowest BCUT2D eigenvalue weighted by Gasteiger charge is -2.48. The Bertz CT molecular complexity index is 793. The van der Waals surface area contributed by atoms with E-state index in [2.05, 4.69) is 29.2 Å². The molecule has 2 aliphatic rings. The Morgan fingerprint density at radius 1 is 1.07 bits per heavy atom. The molecule has 0 aromatic heterocycles. The van der Waals surface area contributed by atoms with Crippen molar-refractivity contribution in [2.24, 2.45) is 5.92 Å². The Balaban J connectivity index is 1.53. The largest absolute Gasteiger partial charge is 0.493 e. The lowest BCUT2D eigenvalue weighted by molar-refractivity contribution is 0.00897. The number of carbonyl (C=O) groups excluding carboxylic acids is 1. The van der Waals surface area contributed by atoms with Crippen LogP contribution in [0.25, 0.3) is 0 Å². The highest BCUT2D eigenvalue weighted by molar-refractivity contribution is 6.00. The Morgan fingerprint density at radius 2 is 1.78 bits per heavy atom. The minimum Gasteiger partial charge on any atom is -0.493 e. The summed E-state index contributed by atoms with van der Waals surface area (Å²) in [6.07, 6.45) is 5.19. The number of nitrogens with zero attached hydrogens (tertiary/aromatic N) is 1. The summed E-state index contributed by atoms with van der Waals surface area (Å²) in [7, 11) is 1.42. The van der Waals surface area contributed by atoms with Crippen molar-refractivity contribution in [1.29, 1.82) is 0 Å². The second-order valence-electron chi connectivity index (χ2n) is 7.75. The third kappa shape index (κ3) is 3.63. The lowest BCUT2D eigenvalue weighted by atomic mass is 9.75. The first-order valence-electron chi connectivity index (χ1n) is 9.83. The molecule has 0 amide bonds. The van der Waals surface area contributed by atoms with Gasteiger partial charge in [-0.2, -0.15) is 0 Å². The molecule has 4 rings (SSSR count). The minimum atomic E-state index is -0.468. The van der Waals surface area contributed by atoms with Gasteiger partial charge in [0.25, 0.3) is 0 Å². The zero-order valence-corrected chi connectivity index (χ0v) is 15.7. The van der Waals surface area contributed by atoms with E-state index in [9.17, 15) is 9.18 Å². The maximum atomic E-state index is 14.0. The summed E-state index contributed by atoms with van der Waals surface area (Å²) in [5.41, 5.74) is 1.71. The van der Waals surface area contributed by atoms with Gasteiger partial charge in [-0.05, 0) is 43.4 Å². The van der Waals surface area contributed by atoms with Crippen LogP contribution in [0.3, 0.4) is 0 Å². The van der Waals surface area contributed by atoms with Gasteiger partial charge < -0.3 is 4.74 Å². The van der Waals surface area contributed by atoms with Crippen LogP contribution < -0.4 is 4.74 Å². The molecule has 0 spiro atoms. The van der Waals surface area contributed by atoms with Gasteiger partial charge in [-0.15, -0.1) is 0 Å². The van der Waals surface area contributed by atoms with Crippen LogP contribution in [0.5, 0.6) is 5.75 Å². The summed E-state index contributed by atoms with van der Waals surface area (Å²) in [4.78, 5) is 15.8. The van der Waals surface area contributed by atoms with Crippen molar-refractivity contribution < 1.29 is 13.9 Å². The summed E-state index contributed by atoms with van der Waals surface area (Å²) < 4.78 is 19.2. The third-order valence-electron chi connectivity index (χ3n) is 6.14. The highest BCUT2D eigenvalue weighted by Crippen LogP contribution is 2.40. The molecule has 2 atom stereocenters. The van der Waals surface area contributed by atoms with Crippen LogP contribution in [0, 0.1) is 11.7 Å². The van der Waals surface area contributed by atoms with Crippen LogP contribution in [0.15, 0.2) is 48.5 Å². The van der Waals surface area contributed by atoms with E-state index in [0.29, 0.717) is 17.6 Å². The molecule has 2 aliphatic heterocycles. The third-order valence-corrected chi connectivity index (χ3v) is 6.14. The fraction of sp³-hybridized carbons (Fsp3) is 0.435. The second kappa shape index (κ2) is 7.81. The van der Waals surface area contributed by atoms with Crippen LogP contribution in [0.1, 0.15) is 48.0 Å². The van der Waals surface area contributed by atoms with Crippen molar-refractivity contribution in [2.75, 3.05) is 7.11 Å². The molecule has 2 fully saturated rings. The Hall–Kier alpha value is -2.20. The molecule has 2 saturated heterocycles. The predicted molar refractivity (Wildman–Crippen MR) is 103 cm³/mol. The zero-order chi connectivity index (χ0) is 18.8. The number of benzene rings is 2. The van der Waals surface area contributed by atoms with Gasteiger partial charge in [-0.1, -0.05) is 42.8 Å². The number of hydrogen-bond donors (Lipinski definition) is 0. The number of halogens is 1. The monoisotopic (exact) mass is 367 g/mol. The molecule has 27 heavy (non-hydrogen) atoms. The number of ether oxygens (including phenoxy) is 1. The van der Waals surface area contributed by atoms with Crippen LogP contribution >= 0.6 is 0 Å². The maximum absolute atomic E-state index is 14.0. The number of hydrogen-bond acceptors (Lipinski definition) is 3. The predicted octanol–water partition coefficient (Wildman–Crippen LogP) is 4.85. The maximum Gasteiger partial charge on any atom is 0.169 e. The zero-order valence-electron chi connectivity index (χ0n) is 15.7. The number of rotatable bonds is 5. The van der Waals surface area contributed by atoms with Crippen molar-refractivity contribution in [1.82, 2.24) is 4.90 Å². The molecule has 142 valence electrons. The average molecular weight is 367 g/mol. The lowest BCUT2D eigenvalue weighted by Crippen LogP contribution is -2.52. The second-order valence-corrected chi connectivity index (χ2v) is 7.75. The van der Waals surface area contributed by atoms with E-state index in [4.69, 9.17) is 4.74 Å². The number of methoxy groups -OCH3 is 1. The van der Waals surface area contributed by atoms with Crippen LogP contribution in [0.2, 0.25) is 0 Å². The van der Waals surface area contributed by atoms with Crippen molar-refractivity contribution in [3.05, 3.63) is 65.5 Å². The molecule has 2 heterocycles. The fourth-order valence-corrected chi connectivity index (χ4v) is 4.88. The van der Waals surface area contributed by atoms with Gasteiger partial charge in [0.05, 0.1) is 12.7 Å². The van der Waals surface area contributed by atoms with Gasteiger partial charge in [-0.3, -0.25) is 9.69 Å².